The fraction of sp³-hybridized carbons (Fsp3) is 0.769. The first-order chi connectivity index (χ1) is 8.68. The van der Waals surface area contributed by atoms with Gasteiger partial charge in [-0.25, -0.2) is 4.79 Å². The largest absolute Gasteiger partial charge is 0.480 e. The quantitative estimate of drug-likeness (QED) is 0.657. The molecule has 1 atom stereocenters. The first-order valence-corrected chi connectivity index (χ1v) is 6.33. The average molecular weight is 273 g/mol. The molecule has 0 aromatic rings. The van der Waals surface area contributed by atoms with E-state index in [1.165, 1.54) is 6.92 Å². The van der Waals surface area contributed by atoms with Crippen LogP contribution in [0.15, 0.2) is 0 Å². The molecule has 0 rings (SSSR count). The van der Waals surface area contributed by atoms with E-state index in [1.54, 1.807) is 13.8 Å². The highest BCUT2D eigenvalue weighted by Crippen LogP contribution is 2.14. The van der Waals surface area contributed by atoms with Crippen molar-refractivity contribution in [1.29, 1.82) is 0 Å². The third-order valence-corrected chi connectivity index (χ3v) is 2.54. The van der Waals surface area contributed by atoms with Crippen molar-refractivity contribution in [1.82, 2.24) is 5.32 Å². The Balaban J connectivity index is 4.39. The van der Waals surface area contributed by atoms with Gasteiger partial charge in [-0.15, -0.1) is 0 Å². The Labute approximate surface area is 113 Å². The van der Waals surface area contributed by atoms with Crippen molar-refractivity contribution in [2.45, 2.75) is 58.6 Å². The lowest BCUT2D eigenvalue weighted by atomic mass is 10.0. The number of aliphatic carboxylic acids is 1. The van der Waals surface area contributed by atoms with Crippen LogP contribution in [0.4, 0.5) is 0 Å². The lowest BCUT2D eigenvalue weighted by molar-refractivity contribution is -0.143. The molecule has 0 aliphatic heterocycles. The van der Waals surface area contributed by atoms with Gasteiger partial charge in [0.2, 0.25) is 5.91 Å². The number of hydrogen-bond donors (Lipinski definition) is 2. The van der Waals surface area contributed by atoms with Crippen molar-refractivity contribution in [3.63, 3.8) is 0 Å². The Morgan fingerprint density at radius 1 is 1.32 bits per heavy atom. The minimum atomic E-state index is -1.14. The Morgan fingerprint density at radius 3 is 2.32 bits per heavy atom. The molecular weight excluding hydrogens is 250 g/mol. The van der Waals surface area contributed by atoms with Gasteiger partial charge in [-0.05, 0) is 34.1 Å². The molecule has 0 fully saturated rings. The van der Waals surface area contributed by atoms with Gasteiger partial charge < -0.3 is 20.0 Å². The van der Waals surface area contributed by atoms with Gasteiger partial charge >= 0.3 is 5.97 Å². The van der Waals surface area contributed by atoms with Gasteiger partial charge in [0.15, 0.2) is 0 Å². The van der Waals surface area contributed by atoms with E-state index in [2.05, 4.69) is 5.32 Å². The third kappa shape index (κ3) is 8.31. The van der Waals surface area contributed by atoms with Crippen LogP contribution in [0.25, 0.3) is 0 Å². The van der Waals surface area contributed by atoms with Crippen LogP contribution in [0.5, 0.6) is 0 Å². The molecule has 0 aliphatic carbocycles. The predicted molar refractivity (Wildman–Crippen MR) is 69.8 cm³/mol. The zero-order valence-electron chi connectivity index (χ0n) is 12.0. The molecule has 6 nitrogen and oxygen atoms in total. The Kier molecular flexibility index (Phi) is 7.29. The second-order valence-electron chi connectivity index (χ2n) is 5.07. The van der Waals surface area contributed by atoms with Crippen molar-refractivity contribution >= 4 is 17.7 Å². The summed E-state index contributed by atoms with van der Waals surface area (Å²) in [5, 5.41) is 11.4. The highest BCUT2D eigenvalue weighted by atomic mass is 16.5. The minimum absolute atomic E-state index is 0.0741. The summed E-state index contributed by atoms with van der Waals surface area (Å²) in [4.78, 5) is 33.6. The zero-order valence-corrected chi connectivity index (χ0v) is 12.0. The zero-order chi connectivity index (χ0) is 15.1. The highest BCUT2D eigenvalue weighted by Gasteiger charge is 2.26. The SMILES string of the molecule is CCOC(C)(C)CC(=O)NC(CCC(C)=O)C(=O)O. The molecule has 110 valence electrons. The molecule has 6 heteroatoms. The fourth-order valence-electron chi connectivity index (χ4n) is 1.68. The molecule has 1 amide bonds. The Morgan fingerprint density at radius 2 is 1.89 bits per heavy atom. The van der Waals surface area contributed by atoms with Gasteiger partial charge in [-0.1, -0.05) is 0 Å². The molecule has 0 aliphatic rings. The number of nitrogens with one attached hydrogen (secondary N) is 1. The maximum atomic E-state index is 11.8. The third-order valence-electron chi connectivity index (χ3n) is 2.54. The predicted octanol–water partition coefficient (Wildman–Crippen LogP) is 1.13. The number of hydrogen-bond acceptors (Lipinski definition) is 4. The minimum Gasteiger partial charge on any atom is -0.480 e. The molecule has 19 heavy (non-hydrogen) atoms. The van der Waals surface area contributed by atoms with E-state index in [0.29, 0.717) is 6.61 Å². The van der Waals surface area contributed by atoms with Crippen LogP contribution in [0, 0.1) is 0 Å². The molecule has 0 bridgehead atoms. The van der Waals surface area contributed by atoms with Gasteiger partial charge in [0.1, 0.15) is 11.8 Å². The van der Waals surface area contributed by atoms with E-state index in [-0.39, 0.29) is 25.0 Å². The van der Waals surface area contributed by atoms with E-state index >= 15 is 0 Å². The molecule has 0 radical (unpaired) electrons. The van der Waals surface area contributed by atoms with Gasteiger partial charge in [0.25, 0.3) is 0 Å². The number of carbonyl (C=O) groups excluding carboxylic acids is 2. The van der Waals surface area contributed by atoms with Crippen LogP contribution >= 0.6 is 0 Å². The first-order valence-electron chi connectivity index (χ1n) is 6.33. The summed E-state index contributed by atoms with van der Waals surface area (Å²) in [5.41, 5.74) is -0.636. The van der Waals surface area contributed by atoms with E-state index < -0.39 is 23.5 Å². The maximum absolute atomic E-state index is 11.8. The summed E-state index contributed by atoms with van der Waals surface area (Å²) in [6, 6.07) is -1.03. The standard InChI is InChI=1S/C13H23NO5/c1-5-19-13(3,4)8-11(16)14-10(12(17)18)7-6-9(2)15/h10H,5-8H2,1-4H3,(H,14,16)(H,17,18). The summed E-state index contributed by atoms with van der Waals surface area (Å²) in [6.07, 6.45) is 0.308. The number of ether oxygens (including phenoxy) is 1. The monoisotopic (exact) mass is 273 g/mol. The molecule has 0 aromatic carbocycles. The van der Waals surface area contributed by atoms with Crippen molar-refractivity contribution < 1.29 is 24.2 Å². The second-order valence-corrected chi connectivity index (χ2v) is 5.07. The molecule has 0 saturated carbocycles. The number of rotatable bonds is 9. The van der Waals surface area contributed by atoms with Crippen LogP contribution in [0.3, 0.4) is 0 Å². The number of carbonyl (C=O) groups is 3. The van der Waals surface area contributed by atoms with Crippen molar-refractivity contribution in [3.8, 4) is 0 Å². The number of carboxylic acid groups (broad SMARTS) is 1. The van der Waals surface area contributed by atoms with Crippen molar-refractivity contribution in [3.05, 3.63) is 0 Å². The van der Waals surface area contributed by atoms with E-state index in [4.69, 9.17) is 9.84 Å². The number of ketones is 1. The van der Waals surface area contributed by atoms with Crippen LogP contribution < -0.4 is 5.32 Å². The number of Topliss-reactive ketones (excluding diaryl/α,β-unsaturated/α-hetero) is 1. The summed E-state index contributed by atoms with van der Waals surface area (Å²) < 4.78 is 5.38. The van der Waals surface area contributed by atoms with Crippen LogP contribution in [0.1, 0.15) is 47.0 Å². The van der Waals surface area contributed by atoms with E-state index in [9.17, 15) is 14.4 Å². The van der Waals surface area contributed by atoms with Crippen molar-refractivity contribution in [2.75, 3.05) is 6.61 Å². The van der Waals surface area contributed by atoms with Crippen LogP contribution in [-0.2, 0) is 19.1 Å². The van der Waals surface area contributed by atoms with Gasteiger partial charge in [-0.2, -0.15) is 0 Å². The molecular formula is C13H23NO5. The lowest BCUT2D eigenvalue weighted by Crippen LogP contribution is -2.44. The van der Waals surface area contributed by atoms with Crippen LogP contribution in [-0.4, -0.2) is 41.0 Å². The second kappa shape index (κ2) is 7.89. The highest BCUT2D eigenvalue weighted by molar-refractivity contribution is 5.84. The van der Waals surface area contributed by atoms with Gasteiger partial charge in [-0.3, -0.25) is 4.79 Å². The summed E-state index contributed by atoms with van der Waals surface area (Å²) >= 11 is 0. The first kappa shape index (κ1) is 17.6. The lowest BCUT2D eigenvalue weighted by Gasteiger charge is -2.24. The molecule has 2 N–H and O–H groups in total. The summed E-state index contributed by atoms with van der Waals surface area (Å²) in [7, 11) is 0. The Bertz CT molecular complexity index is 338. The van der Waals surface area contributed by atoms with E-state index in [1.807, 2.05) is 6.92 Å². The van der Waals surface area contributed by atoms with E-state index in [0.717, 1.165) is 0 Å². The molecule has 0 saturated heterocycles. The van der Waals surface area contributed by atoms with Gasteiger partial charge in [0, 0.05) is 13.0 Å². The topological polar surface area (TPSA) is 92.7 Å². The number of carboxylic acids is 1. The molecule has 0 heterocycles. The molecule has 0 spiro atoms. The average Bonchev–Trinajstić information content (AvgIpc) is 2.22. The Hall–Kier alpha value is -1.43. The van der Waals surface area contributed by atoms with Crippen molar-refractivity contribution in [2.24, 2.45) is 0 Å². The number of amides is 1. The van der Waals surface area contributed by atoms with Crippen LogP contribution in [0.2, 0.25) is 0 Å². The molecule has 1 unspecified atom stereocenters. The summed E-state index contributed by atoms with van der Waals surface area (Å²) in [5.74, 6) is -1.63. The maximum Gasteiger partial charge on any atom is 0.326 e. The smallest absolute Gasteiger partial charge is 0.326 e. The normalized spacial score (nSPS) is 12.8. The fourth-order valence-corrected chi connectivity index (χ4v) is 1.68. The summed E-state index contributed by atoms with van der Waals surface area (Å²) in [6.45, 7) is 7.22. The molecule has 0 aromatic heterocycles. The van der Waals surface area contributed by atoms with Gasteiger partial charge in [0.05, 0.1) is 12.0 Å².